The summed E-state index contributed by atoms with van der Waals surface area (Å²) in [5.41, 5.74) is 4.35. The summed E-state index contributed by atoms with van der Waals surface area (Å²) in [5.74, 6) is 1.03. The van der Waals surface area contributed by atoms with Gasteiger partial charge in [-0.2, -0.15) is 5.10 Å². The third kappa shape index (κ3) is 3.39. The maximum Gasteiger partial charge on any atom is 0.271 e. The normalized spacial score (nSPS) is 20.3. The SMILES string of the molecule is CCN1CCCCC1c1nn(-c2cc([N+](=O)[O-])ccc2C)c2c1CCCCN2. The first-order chi connectivity index (χ1) is 13.6. The molecule has 0 bridgehead atoms. The van der Waals surface area contributed by atoms with E-state index in [-0.39, 0.29) is 10.6 Å². The quantitative estimate of drug-likeness (QED) is 0.626. The Balaban J connectivity index is 1.86. The van der Waals surface area contributed by atoms with Crippen molar-refractivity contribution in [1.29, 1.82) is 0 Å². The molecule has 0 spiro atoms. The number of hydrogen-bond donors (Lipinski definition) is 1. The first kappa shape index (κ1) is 18.9. The van der Waals surface area contributed by atoms with Crippen molar-refractivity contribution in [3.05, 3.63) is 45.1 Å². The van der Waals surface area contributed by atoms with Crippen molar-refractivity contribution in [3.8, 4) is 5.69 Å². The Labute approximate surface area is 165 Å². The van der Waals surface area contributed by atoms with Crippen LogP contribution in [0.4, 0.5) is 11.5 Å². The molecule has 0 aliphatic carbocycles. The Kier molecular flexibility index (Phi) is 5.35. The van der Waals surface area contributed by atoms with Gasteiger partial charge < -0.3 is 5.32 Å². The van der Waals surface area contributed by atoms with Crippen molar-refractivity contribution in [3.63, 3.8) is 0 Å². The molecule has 2 aromatic rings. The number of nitro groups is 1. The number of piperidine rings is 1. The van der Waals surface area contributed by atoms with Crippen LogP contribution in [-0.2, 0) is 6.42 Å². The van der Waals surface area contributed by atoms with Crippen LogP contribution < -0.4 is 5.32 Å². The number of aryl methyl sites for hydroxylation is 1. The summed E-state index contributed by atoms with van der Waals surface area (Å²) in [6, 6.07) is 5.37. The number of likely N-dealkylation sites (tertiary alicyclic amines) is 1. The number of fused-ring (bicyclic) bond motifs is 1. The van der Waals surface area contributed by atoms with E-state index in [0.29, 0.717) is 6.04 Å². The van der Waals surface area contributed by atoms with Crippen LogP contribution in [0, 0.1) is 17.0 Å². The molecule has 2 aliphatic rings. The zero-order valence-electron chi connectivity index (χ0n) is 16.8. The second-order valence-corrected chi connectivity index (χ2v) is 7.88. The Bertz CT molecular complexity index is 876. The van der Waals surface area contributed by atoms with Gasteiger partial charge in [-0.25, -0.2) is 4.68 Å². The van der Waals surface area contributed by atoms with Gasteiger partial charge in [0.15, 0.2) is 0 Å². The molecule has 0 saturated carbocycles. The fourth-order valence-electron chi connectivity index (χ4n) is 4.59. The van der Waals surface area contributed by atoms with Crippen LogP contribution in [-0.4, -0.2) is 39.2 Å². The molecular formula is C21H29N5O2. The predicted octanol–water partition coefficient (Wildman–Crippen LogP) is 4.38. The molecular weight excluding hydrogens is 354 g/mol. The molecule has 1 unspecified atom stereocenters. The molecule has 3 heterocycles. The lowest BCUT2D eigenvalue weighted by Crippen LogP contribution is -2.34. The average molecular weight is 383 g/mol. The van der Waals surface area contributed by atoms with Crippen molar-refractivity contribution >= 4 is 11.5 Å². The largest absolute Gasteiger partial charge is 0.370 e. The first-order valence-electron chi connectivity index (χ1n) is 10.4. The van der Waals surface area contributed by atoms with E-state index in [1.165, 1.54) is 18.4 Å². The number of aromatic nitrogens is 2. The van der Waals surface area contributed by atoms with Crippen LogP contribution in [0.3, 0.4) is 0 Å². The molecule has 2 aliphatic heterocycles. The number of nitrogens with zero attached hydrogens (tertiary/aromatic N) is 4. The molecule has 4 rings (SSSR count). The van der Waals surface area contributed by atoms with E-state index in [1.807, 2.05) is 17.7 Å². The molecule has 28 heavy (non-hydrogen) atoms. The number of hydrogen-bond acceptors (Lipinski definition) is 5. The number of anilines is 1. The summed E-state index contributed by atoms with van der Waals surface area (Å²) in [5, 5.41) is 20.0. The third-order valence-electron chi connectivity index (χ3n) is 6.13. The maximum absolute atomic E-state index is 11.3. The molecule has 150 valence electrons. The smallest absolute Gasteiger partial charge is 0.271 e. The molecule has 1 saturated heterocycles. The van der Waals surface area contributed by atoms with Gasteiger partial charge in [0.2, 0.25) is 0 Å². The molecule has 0 radical (unpaired) electrons. The minimum atomic E-state index is -0.334. The molecule has 1 atom stereocenters. The zero-order chi connectivity index (χ0) is 19.7. The van der Waals surface area contributed by atoms with Gasteiger partial charge in [-0.3, -0.25) is 15.0 Å². The summed E-state index contributed by atoms with van der Waals surface area (Å²) < 4.78 is 1.93. The van der Waals surface area contributed by atoms with Crippen LogP contribution in [0.5, 0.6) is 0 Å². The van der Waals surface area contributed by atoms with Gasteiger partial charge in [-0.15, -0.1) is 0 Å². The van der Waals surface area contributed by atoms with E-state index in [9.17, 15) is 10.1 Å². The van der Waals surface area contributed by atoms with Gasteiger partial charge in [0, 0.05) is 24.2 Å². The van der Waals surface area contributed by atoms with Crippen LogP contribution in [0.25, 0.3) is 5.69 Å². The number of benzene rings is 1. The topological polar surface area (TPSA) is 76.2 Å². The molecule has 7 nitrogen and oxygen atoms in total. The maximum atomic E-state index is 11.3. The lowest BCUT2D eigenvalue weighted by molar-refractivity contribution is -0.384. The minimum Gasteiger partial charge on any atom is -0.370 e. The Morgan fingerprint density at radius 1 is 1.29 bits per heavy atom. The standard InChI is InChI=1S/C21H29N5O2/c1-3-24-13-7-5-9-18(24)20-17-8-4-6-12-22-21(17)25(23-20)19-14-16(26(27)28)11-10-15(19)2/h10-11,14,18,22H,3-9,12-13H2,1-2H3. The Morgan fingerprint density at radius 3 is 2.93 bits per heavy atom. The highest BCUT2D eigenvalue weighted by Crippen LogP contribution is 2.38. The van der Waals surface area contributed by atoms with Crippen molar-refractivity contribution in [2.24, 2.45) is 0 Å². The number of nitrogens with one attached hydrogen (secondary N) is 1. The number of nitro benzene ring substituents is 1. The zero-order valence-corrected chi connectivity index (χ0v) is 16.8. The highest BCUT2D eigenvalue weighted by Gasteiger charge is 2.31. The van der Waals surface area contributed by atoms with Crippen molar-refractivity contribution in [1.82, 2.24) is 14.7 Å². The van der Waals surface area contributed by atoms with Crippen LogP contribution >= 0.6 is 0 Å². The van der Waals surface area contributed by atoms with Crippen LogP contribution in [0.1, 0.15) is 61.9 Å². The van der Waals surface area contributed by atoms with E-state index in [0.717, 1.165) is 68.1 Å². The van der Waals surface area contributed by atoms with Crippen LogP contribution in [0.15, 0.2) is 18.2 Å². The minimum absolute atomic E-state index is 0.105. The Morgan fingerprint density at radius 2 is 2.14 bits per heavy atom. The first-order valence-corrected chi connectivity index (χ1v) is 10.4. The molecule has 1 N–H and O–H groups in total. The molecule has 1 aromatic carbocycles. The number of rotatable bonds is 4. The third-order valence-corrected chi connectivity index (χ3v) is 6.13. The second-order valence-electron chi connectivity index (χ2n) is 7.88. The van der Waals surface area contributed by atoms with E-state index >= 15 is 0 Å². The van der Waals surface area contributed by atoms with Gasteiger partial charge in [0.25, 0.3) is 5.69 Å². The Hall–Kier alpha value is -2.41. The molecule has 0 amide bonds. The summed E-state index contributed by atoms with van der Waals surface area (Å²) >= 11 is 0. The highest BCUT2D eigenvalue weighted by atomic mass is 16.6. The summed E-state index contributed by atoms with van der Waals surface area (Å²) in [4.78, 5) is 13.5. The summed E-state index contributed by atoms with van der Waals surface area (Å²) in [6.07, 6.45) is 6.89. The van der Waals surface area contributed by atoms with Gasteiger partial charge in [-0.05, 0) is 57.7 Å². The monoisotopic (exact) mass is 383 g/mol. The van der Waals surface area contributed by atoms with Crippen molar-refractivity contribution in [2.75, 3.05) is 25.0 Å². The van der Waals surface area contributed by atoms with E-state index in [4.69, 9.17) is 5.10 Å². The van der Waals surface area contributed by atoms with E-state index in [2.05, 4.69) is 17.1 Å². The van der Waals surface area contributed by atoms with E-state index < -0.39 is 0 Å². The summed E-state index contributed by atoms with van der Waals surface area (Å²) in [6.45, 7) is 7.26. The van der Waals surface area contributed by atoms with Gasteiger partial charge in [0.1, 0.15) is 5.82 Å². The fraction of sp³-hybridized carbons (Fsp3) is 0.571. The average Bonchev–Trinajstić information content (AvgIpc) is 2.88. The molecule has 7 heteroatoms. The van der Waals surface area contributed by atoms with Crippen molar-refractivity contribution < 1.29 is 4.92 Å². The van der Waals surface area contributed by atoms with Crippen molar-refractivity contribution in [2.45, 2.75) is 58.4 Å². The molecule has 1 aromatic heterocycles. The number of non-ortho nitro benzene ring substituents is 1. The van der Waals surface area contributed by atoms with Gasteiger partial charge in [-0.1, -0.05) is 19.4 Å². The van der Waals surface area contributed by atoms with Gasteiger partial charge >= 0.3 is 0 Å². The lowest BCUT2D eigenvalue weighted by atomic mass is 9.95. The molecule has 1 fully saturated rings. The lowest BCUT2D eigenvalue weighted by Gasteiger charge is -2.34. The van der Waals surface area contributed by atoms with E-state index in [1.54, 1.807) is 12.1 Å². The fourth-order valence-corrected chi connectivity index (χ4v) is 4.59. The summed E-state index contributed by atoms with van der Waals surface area (Å²) in [7, 11) is 0. The predicted molar refractivity (Wildman–Crippen MR) is 110 cm³/mol. The second kappa shape index (κ2) is 7.91. The highest BCUT2D eigenvalue weighted by molar-refractivity contribution is 5.58. The van der Waals surface area contributed by atoms with Gasteiger partial charge in [0.05, 0.1) is 22.3 Å². The van der Waals surface area contributed by atoms with Crippen LogP contribution in [0.2, 0.25) is 0 Å².